The first-order chi connectivity index (χ1) is 12.6. The van der Waals surface area contributed by atoms with E-state index < -0.39 is 0 Å². The first kappa shape index (κ1) is 17.1. The third-order valence-electron chi connectivity index (χ3n) is 3.77. The standard InChI is InChI=1S/C20H11Cl3N2O/c21-14-4-1-12(2-5-14)11-24-15-6-8-19-18(10-15)25-20(26-19)13-3-7-16(22)17(23)9-13/h1-11H. The van der Waals surface area contributed by atoms with Gasteiger partial charge in [0.2, 0.25) is 5.89 Å². The number of rotatable bonds is 3. The Balaban J connectivity index is 1.65. The predicted octanol–water partition coefficient (Wildman–Crippen LogP) is 7.21. The third kappa shape index (κ3) is 3.61. The quantitative estimate of drug-likeness (QED) is 0.340. The van der Waals surface area contributed by atoms with E-state index in [4.69, 9.17) is 39.2 Å². The van der Waals surface area contributed by atoms with Crippen molar-refractivity contribution in [3.63, 3.8) is 0 Å². The van der Waals surface area contributed by atoms with Gasteiger partial charge in [0, 0.05) is 16.8 Å². The summed E-state index contributed by atoms with van der Waals surface area (Å²) in [5.41, 5.74) is 3.91. The molecule has 1 heterocycles. The molecule has 3 nitrogen and oxygen atoms in total. The number of hydrogen-bond acceptors (Lipinski definition) is 3. The molecule has 0 saturated carbocycles. The van der Waals surface area contributed by atoms with Crippen LogP contribution < -0.4 is 0 Å². The summed E-state index contributed by atoms with van der Waals surface area (Å²) in [7, 11) is 0. The van der Waals surface area contributed by atoms with E-state index in [9.17, 15) is 0 Å². The molecule has 0 bridgehead atoms. The molecule has 0 aliphatic carbocycles. The summed E-state index contributed by atoms with van der Waals surface area (Å²) in [6.45, 7) is 0. The SMILES string of the molecule is Clc1ccc(C=Nc2ccc3oc(-c4ccc(Cl)c(Cl)c4)nc3c2)cc1. The van der Waals surface area contributed by atoms with Gasteiger partial charge in [0.25, 0.3) is 0 Å². The molecule has 0 amide bonds. The zero-order chi connectivity index (χ0) is 18.1. The lowest BCUT2D eigenvalue weighted by atomic mass is 10.2. The molecule has 0 radical (unpaired) electrons. The highest BCUT2D eigenvalue weighted by Crippen LogP contribution is 2.31. The zero-order valence-electron chi connectivity index (χ0n) is 13.3. The zero-order valence-corrected chi connectivity index (χ0v) is 15.6. The van der Waals surface area contributed by atoms with Crippen molar-refractivity contribution in [1.29, 1.82) is 0 Å². The van der Waals surface area contributed by atoms with Crippen molar-refractivity contribution in [1.82, 2.24) is 4.98 Å². The van der Waals surface area contributed by atoms with Crippen LogP contribution in [-0.4, -0.2) is 11.2 Å². The van der Waals surface area contributed by atoms with Gasteiger partial charge in [-0.05, 0) is 54.1 Å². The lowest BCUT2D eigenvalue weighted by Gasteiger charge is -1.97. The molecule has 0 unspecified atom stereocenters. The Hall–Kier alpha value is -2.33. The van der Waals surface area contributed by atoms with Gasteiger partial charge in [0.1, 0.15) is 5.52 Å². The summed E-state index contributed by atoms with van der Waals surface area (Å²) in [4.78, 5) is 9.00. The van der Waals surface area contributed by atoms with Crippen molar-refractivity contribution >= 4 is 57.8 Å². The minimum atomic E-state index is 0.458. The number of benzene rings is 3. The van der Waals surface area contributed by atoms with Crippen molar-refractivity contribution in [3.05, 3.63) is 81.3 Å². The summed E-state index contributed by atoms with van der Waals surface area (Å²) in [6, 6.07) is 18.3. The van der Waals surface area contributed by atoms with Gasteiger partial charge in [0.05, 0.1) is 15.7 Å². The molecule has 0 atom stereocenters. The van der Waals surface area contributed by atoms with E-state index in [-0.39, 0.29) is 0 Å². The van der Waals surface area contributed by atoms with Crippen LogP contribution in [-0.2, 0) is 0 Å². The van der Waals surface area contributed by atoms with Crippen LogP contribution in [0.25, 0.3) is 22.6 Å². The van der Waals surface area contributed by atoms with E-state index in [2.05, 4.69) is 9.98 Å². The van der Waals surface area contributed by atoms with Crippen LogP contribution in [0.15, 0.2) is 70.1 Å². The summed E-state index contributed by atoms with van der Waals surface area (Å²) in [5, 5.41) is 1.64. The Bertz CT molecular complexity index is 1120. The normalized spacial score (nSPS) is 11.5. The maximum atomic E-state index is 6.07. The third-order valence-corrected chi connectivity index (χ3v) is 4.76. The molecule has 1 aromatic heterocycles. The number of fused-ring (bicyclic) bond motifs is 1. The van der Waals surface area contributed by atoms with E-state index in [1.807, 2.05) is 48.5 Å². The summed E-state index contributed by atoms with van der Waals surface area (Å²) < 4.78 is 5.80. The molecule has 26 heavy (non-hydrogen) atoms. The molecule has 0 aliphatic heterocycles. The average molecular weight is 402 g/mol. The second-order valence-electron chi connectivity index (χ2n) is 5.61. The lowest BCUT2D eigenvalue weighted by Crippen LogP contribution is -1.79. The number of halogens is 3. The van der Waals surface area contributed by atoms with Crippen LogP contribution in [0.4, 0.5) is 5.69 Å². The Kier molecular flexibility index (Phi) is 4.68. The predicted molar refractivity (Wildman–Crippen MR) is 108 cm³/mol. The topological polar surface area (TPSA) is 38.4 Å². The minimum absolute atomic E-state index is 0.458. The van der Waals surface area contributed by atoms with E-state index in [1.165, 1.54) is 0 Å². The minimum Gasteiger partial charge on any atom is -0.436 e. The Morgan fingerprint density at radius 3 is 2.42 bits per heavy atom. The Labute approximate surface area is 164 Å². The van der Waals surface area contributed by atoms with Crippen LogP contribution in [0.2, 0.25) is 15.1 Å². The monoisotopic (exact) mass is 400 g/mol. The van der Waals surface area contributed by atoms with Gasteiger partial charge in [-0.1, -0.05) is 46.9 Å². The number of hydrogen-bond donors (Lipinski definition) is 0. The second kappa shape index (κ2) is 7.12. The number of aromatic nitrogens is 1. The molecule has 4 aromatic rings. The first-order valence-electron chi connectivity index (χ1n) is 7.74. The van der Waals surface area contributed by atoms with Gasteiger partial charge in [-0.25, -0.2) is 4.98 Å². The van der Waals surface area contributed by atoms with E-state index in [1.54, 1.807) is 18.3 Å². The summed E-state index contributed by atoms with van der Waals surface area (Å²) >= 11 is 17.9. The molecular formula is C20H11Cl3N2O. The molecule has 0 aliphatic rings. The van der Waals surface area contributed by atoms with Gasteiger partial charge in [0.15, 0.2) is 5.58 Å². The highest BCUT2D eigenvalue weighted by Gasteiger charge is 2.10. The molecule has 0 saturated heterocycles. The average Bonchev–Trinajstić information content (AvgIpc) is 3.07. The lowest BCUT2D eigenvalue weighted by molar-refractivity contribution is 0.620. The summed E-state index contributed by atoms with van der Waals surface area (Å²) in [6.07, 6.45) is 1.78. The van der Waals surface area contributed by atoms with Gasteiger partial charge >= 0.3 is 0 Å². The second-order valence-corrected chi connectivity index (χ2v) is 6.86. The molecular weight excluding hydrogens is 391 g/mol. The molecule has 128 valence electrons. The fraction of sp³-hybridized carbons (Fsp3) is 0. The van der Waals surface area contributed by atoms with E-state index in [0.717, 1.165) is 22.3 Å². The van der Waals surface area contributed by atoms with Crippen molar-refractivity contribution in [2.45, 2.75) is 0 Å². The van der Waals surface area contributed by atoms with Crippen molar-refractivity contribution in [2.24, 2.45) is 4.99 Å². The van der Waals surface area contributed by atoms with Crippen molar-refractivity contribution in [3.8, 4) is 11.5 Å². The molecule has 6 heteroatoms. The molecule has 0 spiro atoms. The summed E-state index contributed by atoms with van der Waals surface area (Å²) in [5.74, 6) is 0.484. The maximum absolute atomic E-state index is 6.07. The van der Waals surface area contributed by atoms with Gasteiger partial charge in [-0.15, -0.1) is 0 Å². The Morgan fingerprint density at radius 1 is 0.846 bits per heavy atom. The number of nitrogens with zero attached hydrogens (tertiary/aromatic N) is 2. The molecule has 0 N–H and O–H groups in total. The molecule has 3 aromatic carbocycles. The highest BCUT2D eigenvalue weighted by atomic mass is 35.5. The van der Waals surface area contributed by atoms with Crippen molar-refractivity contribution < 1.29 is 4.42 Å². The van der Waals surface area contributed by atoms with Crippen LogP contribution >= 0.6 is 34.8 Å². The highest BCUT2D eigenvalue weighted by molar-refractivity contribution is 6.42. The van der Waals surface area contributed by atoms with Crippen LogP contribution in [0, 0.1) is 0 Å². The van der Waals surface area contributed by atoms with E-state index in [0.29, 0.717) is 26.5 Å². The van der Waals surface area contributed by atoms with Gasteiger partial charge in [-0.2, -0.15) is 0 Å². The van der Waals surface area contributed by atoms with Gasteiger partial charge in [-0.3, -0.25) is 4.99 Å². The van der Waals surface area contributed by atoms with Crippen LogP contribution in [0.5, 0.6) is 0 Å². The fourth-order valence-electron chi connectivity index (χ4n) is 2.45. The smallest absolute Gasteiger partial charge is 0.227 e. The van der Waals surface area contributed by atoms with Crippen LogP contribution in [0.1, 0.15) is 5.56 Å². The number of oxazole rings is 1. The maximum Gasteiger partial charge on any atom is 0.227 e. The molecule has 0 fully saturated rings. The largest absolute Gasteiger partial charge is 0.436 e. The van der Waals surface area contributed by atoms with Crippen molar-refractivity contribution in [2.75, 3.05) is 0 Å². The first-order valence-corrected chi connectivity index (χ1v) is 8.87. The van der Waals surface area contributed by atoms with Gasteiger partial charge < -0.3 is 4.42 Å². The van der Waals surface area contributed by atoms with Crippen LogP contribution in [0.3, 0.4) is 0 Å². The van der Waals surface area contributed by atoms with E-state index >= 15 is 0 Å². The molecule has 4 rings (SSSR count). The Morgan fingerprint density at radius 2 is 1.65 bits per heavy atom. The number of aliphatic imine (C=N–C) groups is 1. The fourth-order valence-corrected chi connectivity index (χ4v) is 2.87.